The van der Waals surface area contributed by atoms with Crippen molar-refractivity contribution in [3.05, 3.63) is 52.3 Å². The minimum Gasteiger partial charge on any atom is -0.321 e. The molecular weight excluding hydrogens is 293 g/mol. The van der Waals surface area contributed by atoms with E-state index in [-0.39, 0.29) is 22.5 Å². The summed E-state index contributed by atoms with van der Waals surface area (Å²) in [6.07, 6.45) is 1.40. The normalized spacial score (nSPS) is 10.8. The van der Waals surface area contributed by atoms with Gasteiger partial charge >= 0.3 is 0 Å². The monoisotopic (exact) mass is 307 g/mol. The lowest BCUT2D eigenvalue weighted by molar-refractivity contribution is 0.102. The summed E-state index contributed by atoms with van der Waals surface area (Å²) >= 11 is 5.96. The van der Waals surface area contributed by atoms with Crippen LogP contribution in [0.3, 0.4) is 0 Å². The Morgan fingerprint density at radius 3 is 2.71 bits per heavy atom. The van der Waals surface area contributed by atoms with Crippen molar-refractivity contribution in [3.63, 3.8) is 0 Å². The molecule has 0 atom stereocenters. The molecule has 0 radical (unpaired) electrons. The molecule has 0 aliphatic rings. The highest BCUT2D eigenvalue weighted by atomic mass is 35.5. The van der Waals surface area contributed by atoms with Gasteiger partial charge in [-0.3, -0.25) is 4.79 Å². The second kappa shape index (κ2) is 6.18. The van der Waals surface area contributed by atoms with Crippen LogP contribution in [0.15, 0.2) is 24.4 Å². The molecular formula is C15H15ClFN3O. The van der Waals surface area contributed by atoms with E-state index in [4.69, 9.17) is 11.6 Å². The molecule has 6 heteroatoms. The van der Waals surface area contributed by atoms with Gasteiger partial charge in [0.05, 0.1) is 11.2 Å². The summed E-state index contributed by atoms with van der Waals surface area (Å²) in [6, 6.07) is 4.46. The molecule has 0 saturated heterocycles. The van der Waals surface area contributed by atoms with Gasteiger partial charge in [0.15, 0.2) is 5.69 Å². The molecule has 2 rings (SSSR count). The van der Waals surface area contributed by atoms with Crippen molar-refractivity contribution in [2.24, 2.45) is 0 Å². The third-order valence-electron chi connectivity index (χ3n) is 2.92. The number of aromatic nitrogens is 2. The van der Waals surface area contributed by atoms with Crippen LogP contribution in [0.2, 0.25) is 5.02 Å². The highest BCUT2D eigenvalue weighted by molar-refractivity contribution is 6.33. The predicted octanol–water partition coefficient (Wildman–Crippen LogP) is 3.95. The lowest BCUT2D eigenvalue weighted by Crippen LogP contribution is -2.16. The largest absolute Gasteiger partial charge is 0.321 e. The van der Waals surface area contributed by atoms with E-state index < -0.39 is 5.91 Å². The molecule has 0 bridgehead atoms. The first-order valence-corrected chi connectivity index (χ1v) is 6.86. The Balaban J connectivity index is 2.27. The molecule has 0 aliphatic heterocycles. The molecule has 1 heterocycles. The van der Waals surface area contributed by atoms with E-state index in [9.17, 15) is 9.18 Å². The van der Waals surface area contributed by atoms with Crippen molar-refractivity contribution in [2.75, 3.05) is 5.32 Å². The summed E-state index contributed by atoms with van der Waals surface area (Å²) in [5.74, 6) is -0.276. The van der Waals surface area contributed by atoms with Crippen LogP contribution in [-0.4, -0.2) is 15.9 Å². The highest BCUT2D eigenvalue weighted by Crippen LogP contribution is 2.19. The Bertz CT molecular complexity index is 689. The van der Waals surface area contributed by atoms with Crippen LogP contribution >= 0.6 is 11.6 Å². The molecule has 21 heavy (non-hydrogen) atoms. The molecule has 0 fully saturated rings. The summed E-state index contributed by atoms with van der Waals surface area (Å²) in [4.78, 5) is 20.4. The smallest absolute Gasteiger partial charge is 0.275 e. The molecule has 1 N–H and O–H groups in total. The van der Waals surface area contributed by atoms with Crippen LogP contribution in [-0.2, 0) is 0 Å². The van der Waals surface area contributed by atoms with E-state index in [0.717, 1.165) is 0 Å². The summed E-state index contributed by atoms with van der Waals surface area (Å²) < 4.78 is 13.5. The van der Waals surface area contributed by atoms with Crippen molar-refractivity contribution in [3.8, 4) is 0 Å². The Morgan fingerprint density at radius 2 is 2.10 bits per heavy atom. The molecule has 2 aromatic rings. The van der Waals surface area contributed by atoms with Gasteiger partial charge in [0.1, 0.15) is 11.6 Å². The molecule has 0 unspecified atom stereocenters. The molecule has 1 aromatic heterocycles. The van der Waals surface area contributed by atoms with Gasteiger partial charge in [-0.05, 0) is 24.6 Å². The maximum absolute atomic E-state index is 13.5. The molecule has 4 nitrogen and oxygen atoms in total. The van der Waals surface area contributed by atoms with Gasteiger partial charge in [-0.25, -0.2) is 14.4 Å². The van der Waals surface area contributed by atoms with E-state index >= 15 is 0 Å². The molecule has 110 valence electrons. The highest BCUT2D eigenvalue weighted by Gasteiger charge is 2.16. The first-order chi connectivity index (χ1) is 9.88. The van der Waals surface area contributed by atoms with Crippen molar-refractivity contribution >= 4 is 23.2 Å². The fourth-order valence-corrected chi connectivity index (χ4v) is 1.86. The average molecular weight is 308 g/mol. The number of hydrogen-bond donors (Lipinski definition) is 1. The van der Waals surface area contributed by atoms with Gasteiger partial charge in [-0.15, -0.1) is 0 Å². The van der Waals surface area contributed by atoms with Crippen molar-refractivity contribution in [2.45, 2.75) is 26.7 Å². The number of nitrogens with one attached hydrogen (secondary N) is 1. The number of halogens is 2. The SMILES string of the molecule is Cc1ccc(NC(=O)c2nc(C(C)C)ncc2Cl)cc1F. The Labute approximate surface area is 127 Å². The van der Waals surface area contributed by atoms with Crippen molar-refractivity contribution in [1.82, 2.24) is 9.97 Å². The Kier molecular flexibility index (Phi) is 4.53. The lowest BCUT2D eigenvalue weighted by Gasteiger charge is -2.09. The zero-order valence-corrected chi connectivity index (χ0v) is 12.7. The second-order valence-electron chi connectivity index (χ2n) is 5.00. The van der Waals surface area contributed by atoms with Crippen molar-refractivity contribution < 1.29 is 9.18 Å². The average Bonchev–Trinajstić information content (AvgIpc) is 2.43. The number of hydrogen-bond acceptors (Lipinski definition) is 3. The van der Waals surface area contributed by atoms with Crippen LogP contribution in [0, 0.1) is 12.7 Å². The zero-order chi connectivity index (χ0) is 15.6. The first-order valence-electron chi connectivity index (χ1n) is 6.48. The van der Waals surface area contributed by atoms with Crippen molar-refractivity contribution in [1.29, 1.82) is 0 Å². The number of anilines is 1. The predicted molar refractivity (Wildman–Crippen MR) is 80.2 cm³/mol. The molecule has 0 aliphatic carbocycles. The Morgan fingerprint density at radius 1 is 1.38 bits per heavy atom. The molecule has 0 saturated carbocycles. The van der Waals surface area contributed by atoms with E-state index in [0.29, 0.717) is 17.1 Å². The van der Waals surface area contributed by atoms with E-state index in [1.165, 1.54) is 12.3 Å². The number of amides is 1. The quantitative estimate of drug-likeness (QED) is 0.934. The van der Waals surface area contributed by atoms with E-state index in [1.54, 1.807) is 19.1 Å². The third-order valence-corrected chi connectivity index (χ3v) is 3.20. The third kappa shape index (κ3) is 3.55. The molecule has 1 amide bonds. The van der Waals surface area contributed by atoms with Gasteiger partial charge in [0.25, 0.3) is 5.91 Å². The summed E-state index contributed by atoms with van der Waals surface area (Å²) in [5.41, 5.74) is 0.940. The number of rotatable bonds is 3. The van der Waals surface area contributed by atoms with Crippen LogP contribution in [0.25, 0.3) is 0 Å². The molecule has 1 aromatic carbocycles. The van der Waals surface area contributed by atoms with E-state index in [2.05, 4.69) is 15.3 Å². The van der Waals surface area contributed by atoms with Gasteiger partial charge < -0.3 is 5.32 Å². The van der Waals surface area contributed by atoms with E-state index in [1.807, 2.05) is 13.8 Å². The summed E-state index contributed by atoms with van der Waals surface area (Å²) in [5, 5.41) is 2.74. The van der Waals surface area contributed by atoms with Gasteiger partial charge in [-0.1, -0.05) is 31.5 Å². The lowest BCUT2D eigenvalue weighted by atomic mass is 10.2. The number of benzene rings is 1. The maximum atomic E-state index is 13.5. The van der Waals surface area contributed by atoms with Gasteiger partial charge in [-0.2, -0.15) is 0 Å². The maximum Gasteiger partial charge on any atom is 0.275 e. The zero-order valence-electron chi connectivity index (χ0n) is 11.9. The van der Waals surface area contributed by atoms with Crippen LogP contribution in [0.4, 0.5) is 10.1 Å². The number of carbonyl (C=O) groups is 1. The fraction of sp³-hybridized carbons (Fsp3) is 0.267. The van der Waals surface area contributed by atoms with Crippen LogP contribution in [0.1, 0.15) is 41.6 Å². The minimum atomic E-state index is -0.493. The van der Waals surface area contributed by atoms with Crippen LogP contribution < -0.4 is 5.32 Å². The van der Waals surface area contributed by atoms with Gasteiger partial charge in [0, 0.05) is 11.6 Å². The number of nitrogens with zero attached hydrogens (tertiary/aromatic N) is 2. The Hall–Kier alpha value is -2.01. The minimum absolute atomic E-state index is 0.0747. The van der Waals surface area contributed by atoms with Gasteiger partial charge in [0.2, 0.25) is 0 Å². The number of aryl methyl sites for hydroxylation is 1. The number of carbonyl (C=O) groups excluding carboxylic acids is 1. The fourth-order valence-electron chi connectivity index (χ4n) is 1.68. The summed E-state index contributed by atoms with van der Waals surface area (Å²) in [6.45, 7) is 5.48. The standard InChI is InChI=1S/C15H15ClFN3O/c1-8(2)14-18-7-11(16)13(20-14)15(21)19-10-5-4-9(3)12(17)6-10/h4-8H,1-3H3,(H,19,21). The van der Waals surface area contributed by atoms with Crippen LogP contribution in [0.5, 0.6) is 0 Å². The molecule has 0 spiro atoms. The second-order valence-corrected chi connectivity index (χ2v) is 5.40. The first kappa shape index (κ1) is 15.4. The summed E-state index contributed by atoms with van der Waals surface area (Å²) in [7, 11) is 0. The topological polar surface area (TPSA) is 54.9 Å².